The van der Waals surface area contributed by atoms with Gasteiger partial charge >= 0.3 is 0 Å². The Bertz CT molecular complexity index is 1170. The van der Waals surface area contributed by atoms with Gasteiger partial charge in [0.1, 0.15) is 4.90 Å². The third-order valence-electron chi connectivity index (χ3n) is 6.26. The number of benzene rings is 2. The van der Waals surface area contributed by atoms with Crippen LogP contribution in [-0.2, 0) is 10.0 Å². The molecule has 2 aromatic carbocycles. The van der Waals surface area contributed by atoms with Crippen LogP contribution in [0.4, 0.5) is 5.69 Å². The van der Waals surface area contributed by atoms with Crippen LogP contribution in [0.2, 0.25) is 5.02 Å². The van der Waals surface area contributed by atoms with Crippen LogP contribution in [0.3, 0.4) is 0 Å². The molecule has 7 nitrogen and oxygen atoms in total. The Hall–Kier alpha value is -2.42. The molecule has 2 aliphatic heterocycles. The Morgan fingerprint density at radius 3 is 2.30 bits per heavy atom. The van der Waals surface area contributed by atoms with Crippen molar-refractivity contribution in [2.75, 3.05) is 31.5 Å². The van der Waals surface area contributed by atoms with E-state index in [2.05, 4.69) is 5.32 Å². The molecule has 0 atom stereocenters. The number of rotatable bonds is 5. The Morgan fingerprint density at radius 1 is 0.939 bits per heavy atom. The molecule has 9 heteroatoms. The van der Waals surface area contributed by atoms with Crippen LogP contribution >= 0.6 is 11.6 Å². The van der Waals surface area contributed by atoms with Crippen LogP contribution in [0.15, 0.2) is 41.3 Å². The van der Waals surface area contributed by atoms with E-state index in [0.717, 1.165) is 37.7 Å². The zero-order valence-electron chi connectivity index (χ0n) is 18.6. The monoisotopic (exact) mass is 489 g/mol. The molecule has 2 aromatic rings. The van der Waals surface area contributed by atoms with E-state index in [9.17, 15) is 18.0 Å². The maximum atomic E-state index is 13.1. The first-order chi connectivity index (χ1) is 15.8. The Balaban J connectivity index is 1.62. The van der Waals surface area contributed by atoms with Crippen molar-refractivity contribution in [3.8, 4) is 0 Å². The van der Waals surface area contributed by atoms with Crippen molar-refractivity contribution in [2.24, 2.45) is 0 Å². The molecule has 0 saturated carbocycles. The summed E-state index contributed by atoms with van der Waals surface area (Å²) in [5.41, 5.74) is 1.79. The Kier molecular flexibility index (Phi) is 7.07. The number of carbonyl (C=O) groups excluding carboxylic acids is 2. The molecule has 0 aliphatic carbocycles. The number of hydrogen-bond acceptors (Lipinski definition) is 4. The predicted octanol–water partition coefficient (Wildman–Crippen LogP) is 4.31. The normalized spacial score (nSPS) is 17.2. The summed E-state index contributed by atoms with van der Waals surface area (Å²) in [6.45, 7) is 4.12. The van der Waals surface area contributed by atoms with Crippen molar-refractivity contribution in [3.63, 3.8) is 0 Å². The first kappa shape index (κ1) is 23.7. The number of amides is 2. The first-order valence-electron chi connectivity index (χ1n) is 11.3. The van der Waals surface area contributed by atoms with E-state index in [-0.39, 0.29) is 21.4 Å². The maximum Gasteiger partial charge on any atom is 0.255 e. The van der Waals surface area contributed by atoms with Gasteiger partial charge in [0.15, 0.2) is 0 Å². The summed E-state index contributed by atoms with van der Waals surface area (Å²) in [6.07, 6.45) is 4.55. The van der Waals surface area contributed by atoms with E-state index in [1.807, 2.05) is 13.0 Å². The number of nitrogens with one attached hydrogen (secondary N) is 1. The minimum atomic E-state index is -3.80. The SMILES string of the molecule is Cc1cccc(C(=O)N2CCCC2)c1NC(=O)c1ccc(Cl)c(S(=O)(=O)N2CCCCC2)c1. The van der Waals surface area contributed by atoms with Crippen LogP contribution in [0.5, 0.6) is 0 Å². The largest absolute Gasteiger partial charge is 0.339 e. The highest BCUT2D eigenvalue weighted by molar-refractivity contribution is 7.89. The average molecular weight is 490 g/mol. The van der Waals surface area contributed by atoms with Gasteiger partial charge < -0.3 is 10.2 Å². The van der Waals surface area contributed by atoms with Crippen molar-refractivity contribution >= 4 is 39.1 Å². The molecule has 1 N–H and O–H groups in total. The fourth-order valence-corrected chi connectivity index (χ4v) is 6.39. The van der Waals surface area contributed by atoms with Gasteiger partial charge in [-0.3, -0.25) is 9.59 Å². The highest BCUT2D eigenvalue weighted by Gasteiger charge is 2.29. The number of aryl methyl sites for hydroxylation is 1. The quantitative estimate of drug-likeness (QED) is 0.678. The molecule has 0 aromatic heterocycles. The number of para-hydroxylation sites is 1. The van der Waals surface area contributed by atoms with Crippen LogP contribution in [0.1, 0.15) is 58.4 Å². The number of nitrogens with zero attached hydrogens (tertiary/aromatic N) is 2. The lowest BCUT2D eigenvalue weighted by Crippen LogP contribution is -2.35. The number of hydrogen-bond donors (Lipinski definition) is 1. The van der Waals surface area contributed by atoms with Gasteiger partial charge in [0.2, 0.25) is 10.0 Å². The fourth-order valence-electron chi connectivity index (χ4n) is 4.37. The van der Waals surface area contributed by atoms with Crippen molar-refractivity contribution in [2.45, 2.75) is 43.9 Å². The summed E-state index contributed by atoms with van der Waals surface area (Å²) in [6, 6.07) is 9.57. The second-order valence-electron chi connectivity index (χ2n) is 8.56. The molecule has 0 radical (unpaired) electrons. The fraction of sp³-hybridized carbons (Fsp3) is 0.417. The zero-order chi connectivity index (χ0) is 23.6. The molecule has 0 unspecified atom stereocenters. The van der Waals surface area contributed by atoms with Gasteiger partial charge in [-0.1, -0.05) is 30.2 Å². The molecule has 33 heavy (non-hydrogen) atoms. The van der Waals surface area contributed by atoms with Gasteiger partial charge in [-0.2, -0.15) is 4.31 Å². The first-order valence-corrected chi connectivity index (χ1v) is 13.1. The van der Waals surface area contributed by atoms with Crippen molar-refractivity contribution in [1.29, 1.82) is 0 Å². The molecule has 2 aliphatic rings. The van der Waals surface area contributed by atoms with E-state index in [1.54, 1.807) is 17.0 Å². The van der Waals surface area contributed by atoms with E-state index < -0.39 is 15.9 Å². The average Bonchev–Trinajstić information content (AvgIpc) is 3.35. The molecule has 4 rings (SSSR count). The number of anilines is 1. The minimum Gasteiger partial charge on any atom is -0.339 e. The van der Waals surface area contributed by atoms with Crippen LogP contribution in [0, 0.1) is 6.92 Å². The lowest BCUT2D eigenvalue weighted by atomic mass is 10.1. The van der Waals surface area contributed by atoms with Gasteiger partial charge in [0.25, 0.3) is 11.8 Å². The summed E-state index contributed by atoms with van der Waals surface area (Å²) >= 11 is 6.24. The van der Waals surface area contributed by atoms with Crippen molar-refractivity contribution < 1.29 is 18.0 Å². The van der Waals surface area contributed by atoms with Crippen LogP contribution in [-0.4, -0.2) is 55.6 Å². The minimum absolute atomic E-state index is 0.0723. The molecule has 2 saturated heterocycles. The standard InChI is InChI=1S/C24H28ClN3O4S/c1-17-8-7-9-19(24(30)27-12-5-6-13-27)22(17)26-23(29)18-10-11-20(25)21(16-18)33(31,32)28-14-3-2-4-15-28/h7-11,16H,2-6,12-15H2,1H3,(H,26,29). The molecular weight excluding hydrogens is 462 g/mol. The lowest BCUT2D eigenvalue weighted by Gasteiger charge is -2.26. The summed E-state index contributed by atoms with van der Waals surface area (Å²) in [5.74, 6) is -0.609. The van der Waals surface area contributed by atoms with E-state index in [4.69, 9.17) is 11.6 Å². The molecule has 2 fully saturated rings. The number of carbonyl (C=O) groups is 2. The highest BCUT2D eigenvalue weighted by atomic mass is 35.5. The van der Waals surface area contributed by atoms with Gasteiger partial charge in [-0.15, -0.1) is 0 Å². The summed E-state index contributed by atoms with van der Waals surface area (Å²) in [7, 11) is -3.80. The molecule has 0 spiro atoms. The summed E-state index contributed by atoms with van der Waals surface area (Å²) in [4.78, 5) is 27.9. The molecule has 176 valence electrons. The number of sulfonamides is 1. The number of halogens is 1. The number of likely N-dealkylation sites (tertiary alicyclic amines) is 1. The second kappa shape index (κ2) is 9.83. The Morgan fingerprint density at radius 2 is 1.61 bits per heavy atom. The smallest absolute Gasteiger partial charge is 0.255 e. The van der Waals surface area contributed by atoms with E-state index in [1.165, 1.54) is 22.5 Å². The molecule has 2 amide bonds. The maximum absolute atomic E-state index is 13.1. The van der Waals surface area contributed by atoms with Crippen LogP contribution < -0.4 is 5.32 Å². The van der Waals surface area contributed by atoms with Gasteiger partial charge in [0, 0.05) is 31.7 Å². The third kappa shape index (κ3) is 4.93. The second-order valence-corrected chi connectivity index (χ2v) is 10.9. The summed E-state index contributed by atoms with van der Waals surface area (Å²) in [5, 5.41) is 2.92. The van der Waals surface area contributed by atoms with E-state index in [0.29, 0.717) is 37.4 Å². The lowest BCUT2D eigenvalue weighted by molar-refractivity contribution is 0.0793. The van der Waals surface area contributed by atoms with Gasteiger partial charge in [-0.25, -0.2) is 8.42 Å². The third-order valence-corrected chi connectivity index (χ3v) is 8.64. The van der Waals surface area contributed by atoms with Crippen molar-refractivity contribution in [1.82, 2.24) is 9.21 Å². The molecule has 2 heterocycles. The van der Waals surface area contributed by atoms with E-state index >= 15 is 0 Å². The predicted molar refractivity (Wildman–Crippen MR) is 128 cm³/mol. The highest BCUT2D eigenvalue weighted by Crippen LogP contribution is 2.29. The van der Waals surface area contributed by atoms with Crippen LogP contribution in [0.25, 0.3) is 0 Å². The van der Waals surface area contributed by atoms with Crippen molar-refractivity contribution in [3.05, 3.63) is 58.1 Å². The Labute approximate surface area is 199 Å². The van der Waals surface area contributed by atoms with Gasteiger partial charge in [0.05, 0.1) is 16.3 Å². The summed E-state index contributed by atoms with van der Waals surface area (Å²) < 4.78 is 27.7. The molecule has 0 bridgehead atoms. The topological polar surface area (TPSA) is 86.8 Å². The van der Waals surface area contributed by atoms with Gasteiger partial charge in [-0.05, 0) is 62.4 Å². The molecular formula is C24H28ClN3O4S. The number of piperidine rings is 1. The zero-order valence-corrected chi connectivity index (χ0v) is 20.2.